The van der Waals surface area contributed by atoms with E-state index < -0.39 is 5.97 Å². The van der Waals surface area contributed by atoms with E-state index in [4.69, 9.17) is 26.2 Å². The highest BCUT2D eigenvalue weighted by Gasteiger charge is 2.28. The van der Waals surface area contributed by atoms with Crippen LogP contribution in [0.2, 0.25) is 5.02 Å². The van der Waals surface area contributed by atoms with E-state index in [1.54, 1.807) is 0 Å². The van der Waals surface area contributed by atoms with Gasteiger partial charge >= 0.3 is 12.0 Å². The Morgan fingerprint density at radius 1 is 1.74 bits per heavy atom. The van der Waals surface area contributed by atoms with Crippen LogP contribution in [0.1, 0.15) is 6.42 Å². The summed E-state index contributed by atoms with van der Waals surface area (Å²) in [6, 6.07) is -0.108. The van der Waals surface area contributed by atoms with Crippen molar-refractivity contribution >= 4 is 23.4 Å². The zero-order chi connectivity index (χ0) is 13.8. The van der Waals surface area contributed by atoms with Crippen molar-refractivity contribution in [2.24, 2.45) is 0 Å². The third-order valence-electron chi connectivity index (χ3n) is 2.80. The molecule has 0 radical (unpaired) electrons. The van der Waals surface area contributed by atoms with Crippen LogP contribution in [0.25, 0.3) is 0 Å². The number of hydrogen-bond donors (Lipinski definition) is 1. The first kappa shape index (κ1) is 13.8. The zero-order valence-corrected chi connectivity index (χ0v) is 11.1. The zero-order valence-electron chi connectivity index (χ0n) is 10.4. The lowest BCUT2D eigenvalue weighted by atomic mass is 10.1. The second-order valence-electron chi connectivity index (χ2n) is 4.05. The number of rotatable bonds is 4. The third kappa shape index (κ3) is 3.24. The number of anilines is 1. The van der Waals surface area contributed by atoms with E-state index >= 15 is 0 Å². The predicted octanol–water partition coefficient (Wildman–Crippen LogP) is 0.819. The van der Waals surface area contributed by atoms with Crippen molar-refractivity contribution in [3.63, 3.8) is 0 Å². The number of aliphatic carboxylic acids is 1. The molecule has 0 bridgehead atoms. The molecule has 1 N–H and O–H groups in total. The number of morpholine rings is 1. The van der Waals surface area contributed by atoms with E-state index in [0.29, 0.717) is 30.6 Å². The third-order valence-corrected chi connectivity index (χ3v) is 3.06. The molecule has 1 aliphatic rings. The van der Waals surface area contributed by atoms with E-state index in [-0.39, 0.29) is 18.5 Å². The molecule has 2 rings (SSSR count). The highest BCUT2D eigenvalue weighted by Crippen LogP contribution is 2.28. The molecule has 104 valence electrons. The van der Waals surface area contributed by atoms with Crippen LogP contribution < -0.4 is 9.64 Å². The smallest absolute Gasteiger partial charge is 0.318 e. The Labute approximate surface area is 115 Å². The molecule has 1 fully saturated rings. The Kier molecular flexibility index (Phi) is 4.39. The maximum atomic E-state index is 10.9. The van der Waals surface area contributed by atoms with Crippen LogP contribution in [0, 0.1) is 0 Å². The average Bonchev–Trinajstić information content (AvgIpc) is 2.40. The van der Waals surface area contributed by atoms with Gasteiger partial charge in [-0.1, -0.05) is 11.6 Å². The molecule has 2 heterocycles. The van der Waals surface area contributed by atoms with E-state index in [9.17, 15) is 4.79 Å². The molecule has 1 unspecified atom stereocenters. The molecule has 0 aromatic carbocycles. The van der Waals surface area contributed by atoms with Gasteiger partial charge in [0.1, 0.15) is 5.02 Å². The first-order valence-electron chi connectivity index (χ1n) is 5.74. The Morgan fingerprint density at radius 3 is 3.21 bits per heavy atom. The van der Waals surface area contributed by atoms with Crippen LogP contribution in [0.5, 0.6) is 6.01 Å². The fourth-order valence-corrected chi connectivity index (χ4v) is 2.15. The standard InChI is InChI=1S/C11H14ClN3O4/c1-18-11-13-5-8(12)10(14-11)15-2-3-19-6-7(15)4-9(16)17/h5,7H,2-4,6H2,1H3,(H,16,17). The lowest BCUT2D eigenvalue weighted by Gasteiger charge is -2.36. The Balaban J connectivity index is 2.28. The normalized spacial score (nSPS) is 19.3. The van der Waals surface area contributed by atoms with Gasteiger partial charge in [-0.15, -0.1) is 0 Å². The van der Waals surface area contributed by atoms with Crippen molar-refractivity contribution in [3.8, 4) is 6.01 Å². The van der Waals surface area contributed by atoms with Gasteiger partial charge in [0.2, 0.25) is 0 Å². The molecular weight excluding hydrogens is 274 g/mol. The van der Waals surface area contributed by atoms with Crippen LogP contribution in [0.15, 0.2) is 6.20 Å². The Bertz CT molecular complexity index is 471. The van der Waals surface area contributed by atoms with Crippen LogP contribution >= 0.6 is 11.6 Å². The number of nitrogens with zero attached hydrogens (tertiary/aromatic N) is 3. The second kappa shape index (κ2) is 6.03. The van der Waals surface area contributed by atoms with Crippen LogP contribution in [-0.2, 0) is 9.53 Å². The van der Waals surface area contributed by atoms with Crippen molar-refractivity contribution in [3.05, 3.63) is 11.2 Å². The average molecular weight is 288 g/mol. The minimum atomic E-state index is -0.891. The van der Waals surface area contributed by atoms with E-state index in [2.05, 4.69) is 9.97 Å². The molecule has 0 spiro atoms. The van der Waals surface area contributed by atoms with Crippen LogP contribution in [-0.4, -0.2) is 54.0 Å². The molecule has 0 saturated carbocycles. The summed E-state index contributed by atoms with van der Waals surface area (Å²) in [6.45, 7) is 1.35. The van der Waals surface area contributed by atoms with E-state index in [1.807, 2.05) is 4.90 Å². The molecule has 0 aliphatic carbocycles. The van der Waals surface area contributed by atoms with Crippen molar-refractivity contribution in [1.82, 2.24) is 9.97 Å². The van der Waals surface area contributed by atoms with Crippen molar-refractivity contribution in [1.29, 1.82) is 0 Å². The van der Waals surface area contributed by atoms with E-state index in [0.717, 1.165) is 0 Å². The molecule has 7 nitrogen and oxygen atoms in total. The van der Waals surface area contributed by atoms with Crippen molar-refractivity contribution in [2.75, 3.05) is 31.8 Å². The summed E-state index contributed by atoms with van der Waals surface area (Å²) in [5, 5.41) is 9.29. The minimum absolute atomic E-state index is 0.0390. The van der Waals surface area contributed by atoms with Gasteiger partial charge in [-0.25, -0.2) is 4.98 Å². The Morgan fingerprint density at radius 2 is 2.53 bits per heavy atom. The summed E-state index contributed by atoms with van der Waals surface area (Å²) in [5.41, 5.74) is 0. The maximum absolute atomic E-state index is 10.9. The summed E-state index contributed by atoms with van der Waals surface area (Å²) in [6.07, 6.45) is 1.40. The van der Waals surface area contributed by atoms with Crippen LogP contribution in [0.4, 0.5) is 5.82 Å². The first-order valence-corrected chi connectivity index (χ1v) is 6.12. The molecule has 8 heteroatoms. The lowest BCUT2D eigenvalue weighted by Crippen LogP contribution is -2.47. The highest BCUT2D eigenvalue weighted by atomic mass is 35.5. The van der Waals surface area contributed by atoms with Crippen molar-refractivity contribution < 1.29 is 19.4 Å². The molecule has 0 amide bonds. The number of ether oxygens (including phenoxy) is 2. The number of aromatic nitrogens is 2. The predicted molar refractivity (Wildman–Crippen MR) is 67.8 cm³/mol. The number of carboxylic acid groups (broad SMARTS) is 1. The number of methoxy groups -OCH3 is 1. The van der Waals surface area contributed by atoms with Gasteiger partial charge in [0.25, 0.3) is 0 Å². The summed E-state index contributed by atoms with van der Waals surface area (Å²) < 4.78 is 10.3. The van der Waals surface area contributed by atoms with Gasteiger partial charge in [-0.3, -0.25) is 4.79 Å². The summed E-state index contributed by atoms with van der Waals surface area (Å²) >= 11 is 6.08. The summed E-state index contributed by atoms with van der Waals surface area (Å²) in [5.74, 6) is -0.416. The minimum Gasteiger partial charge on any atom is -0.481 e. The fourth-order valence-electron chi connectivity index (χ4n) is 1.95. The topological polar surface area (TPSA) is 84.8 Å². The number of hydrogen-bond acceptors (Lipinski definition) is 6. The molecule has 1 aromatic rings. The quantitative estimate of drug-likeness (QED) is 0.877. The molecule has 1 atom stereocenters. The molecular formula is C11H14ClN3O4. The summed E-state index contributed by atoms with van der Waals surface area (Å²) in [7, 11) is 1.46. The fraction of sp³-hybridized carbons (Fsp3) is 0.545. The molecule has 1 aromatic heterocycles. The molecule has 1 aliphatic heterocycles. The lowest BCUT2D eigenvalue weighted by molar-refractivity contribution is -0.138. The Hall–Kier alpha value is -1.60. The van der Waals surface area contributed by atoms with Crippen molar-refractivity contribution in [2.45, 2.75) is 12.5 Å². The van der Waals surface area contributed by atoms with Crippen LogP contribution in [0.3, 0.4) is 0 Å². The number of carboxylic acids is 1. The summed E-state index contributed by atoms with van der Waals surface area (Å²) in [4.78, 5) is 20.8. The largest absolute Gasteiger partial charge is 0.481 e. The van der Waals surface area contributed by atoms with Gasteiger partial charge in [-0.2, -0.15) is 4.98 Å². The first-order chi connectivity index (χ1) is 9.11. The van der Waals surface area contributed by atoms with Gasteiger partial charge < -0.3 is 19.5 Å². The number of carbonyl (C=O) groups is 1. The van der Waals surface area contributed by atoms with Gasteiger partial charge in [0.05, 0.1) is 39.0 Å². The second-order valence-corrected chi connectivity index (χ2v) is 4.46. The molecule has 19 heavy (non-hydrogen) atoms. The molecule has 1 saturated heterocycles. The highest BCUT2D eigenvalue weighted by molar-refractivity contribution is 6.32. The van der Waals surface area contributed by atoms with Gasteiger partial charge in [-0.05, 0) is 0 Å². The monoisotopic (exact) mass is 287 g/mol. The maximum Gasteiger partial charge on any atom is 0.318 e. The van der Waals surface area contributed by atoms with E-state index in [1.165, 1.54) is 13.3 Å². The number of halogens is 1. The SMILES string of the molecule is COc1ncc(Cl)c(N2CCOCC2CC(=O)O)n1. The van der Waals surface area contributed by atoms with Gasteiger partial charge in [0, 0.05) is 6.54 Å². The van der Waals surface area contributed by atoms with Gasteiger partial charge in [0.15, 0.2) is 5.82 Å².